The van der Waals surface area contributed by atoms with E-state index in [1.165, 1.54) is 19.4 Å². The second kappa shape index (κ2) is 5.13. The fourth-order valence-corrected chi connectivity index (χ4v) is 3.27. The number of nitrogens with zero attached hydrogens (tertiary/aromatic N) is 2. The summed E-state index contributed by atoms with van der Waals surface area (Å²) < 4.78 is 5.26. The molecule has 3 fully saturated rings. The molecule has 114 valence electrons. The van der Waals surface area contributed by atoms with Crippen LogP contribution in [0.5, 0.6) is 0 Å². The summed E-state index contributed by atoms with van der Waals surface area (Å²) in [6, 6.07) is 2.05. The van der Waals surface area contributed by atoms with Gasteiger partial charge in [-0.3, -0.25) is 4.79 Å². The molecule has 5 nitrogen and oxygen atoms in total. The first-order valence-corrected chi connectivity index (χ1v) is 8.19. The smallest absolute Gasteiger partial charge is 0.273 e. The summed E-state index contributed by atoms with van der Waals surface area (Å²) >= 11 is 0. The van der Waals surface area contributed by atoms with Crippen molar-refractivity contribution < 1.29 is 9.32 Å². The first kappa shape index (κ1) is 13.3. The molecule has 21 heavy (non-hydrogen) atoms. The van der Waals surface area contributed by atoms with Crippen LogP contribution in [0.2, 0.25) is 0 Å². The van der Waals surface area contributed by atoms with Crippen LogP contribution in [0.15, 0.2) is 10.6 Å². The third-order valence-corrected chi connectivity index (χ3v) is 4.96. The SMILES string of the molecule is C[C@@H]1CN(CC2CC2)C[C@@H]1NC(=O)c1cc(C2CC2)on1. The molecular weight excluding hydrogens is 266 g/mol. The van der Waals surface area contributed by atoms with E-state index in [9.17, 15) is 4.79 Å². The van der Waals surface area contributed by atoms with E-state index >= 15 is 0 Å². The van der Waals surface area contributed by atoms with Crippen molar-refractivity contribution >= 4 is 5.91 Å². The first-order valence-electron chi connectivity index (χ1n) is 8.19. The van der Waals surface area contributed by atoms with Crippen molar-refractivity contribution in [2.24, 2.45) is 11.8 Å². The molecule has 0 radical (unpaired) electrons. The monoisotopic (exact) mass is 289 g/mol. The van der Waals surface area contributed by atoms with E-state index in [4.69, 9.17) is 4.52 Å². The van der Waals surface area contributed by atoms with Gasteiger partial charge in [0.1, 0.15) is 5.76 Å². The Kier molecular flexibility index (Phi) is 3.25. The molecule has 1 aliphatic heterocycles. The number of carbonyl (C=O) groups excluding carboxylic acids is 1. The zero-order valence-electron chi connectivity index (χ0n) is 12.5. The first-order chi connectivity index (χ1) is 10.2. The van der Waals surface area contributed by atoms with Gasteiger partial charge in [-0.05, 0) is 37.5 Å². The lowest BCUT2D eigenvalue weighted by Crippen LogP contribution is -2.40. The Labute approximate surface area is 125 Å². The predicted octanol–water partition coefficient (Wildman–Crippen LogP) is 2.01. The second-order valence-electron chi connectivity index (χ2n) is 7.11. The number of likely N-dealkylation sites (tertiary alicyclic amines) is 1. The van der Waals surface area contributed by atoms with Gasteiger partial charge in [0.15, 0.2) is 5.69 Å². The molecule has 0 aromatic carbocycles. The van der Waals surface area contributed by atoms with Gasteiger partial charge in [0.25, 0.3) is 5.91 Å². The molecule has 4 rings (SSSR count). The fourth-order valence-electron chi connectivity index (χ4n) is 3.27. The summed E-state index contributed by atoms with van der Waals surface area (Å²) in [6.07, 6.45) is 5.08. The molecule has 0 spiro atoms. The van der Waals surface area contributed by atoms with Crippen molar-refractivity contribution in [1.82, 2.24) is 15.4 Å². The van der Waals surface area contributed by atoms with Gasteiger partial charge in [-0.1, -0.05) is 12.1 Å². The standard InChI is InChI=1S/C16H23N3O2/c1-10-7-19(8-11-2-3-11)9-14(10)17-16(20)13-6-15(21-18-13)12-4-5-12/h6,10-12,14H,2-5,7-9H2,1H3,(H,17,20)/t10-,14+/m1/s1. The van der Waals surface area contributed by atoms with E-state index in [0.29, 0.717) is 17.5 Å². The van der Waals surface area contributed by atoms with Gasteiger partial charge in [-0.2, -0.15) is 0 Å². The van der Waals surface area contributed by atoms with E-state index in [0.717, 1.165) is 37.6 Å². The summed E-state index contributed by atoms with van der Waals surface area (Å²) in [6.45, 7) is 5.48. The Morgan fingerprint density at radius 2 is 2.19 bits per heavy atom. The molecule has 3 aliphatic rings. The number of rotatable bonds is 5. The van der Waals surface area contributed by atoms with E-state index in [-0.39, 0.29) is 11.9 Å². The van der Waals surface area contributed by atoms with Gasteiger partial charge < -0.3 is 14.7 Å². The zero-order valence-corrected chi connectivity index (χ0v) is 12.5. The Bertz CT molecular complexity index is 533. The van der Waals surface area contributed by atoms with Gasteiger partial charge in [0.2, 0.25) is 0 Å². The summed E-state index contributed by atoms with van der Waals surface area (Å²) in [7, 11) is 0. The zero-order chi connectivity index (χ0) is 14.4. The third kappa shape index (κ3) is 2.98. The lowest BCUT2D eigenvalue weighted by atomic mass is 10.1. The van der Waals surface area contributed by atoms with Crippen LogP contribution >= 0.6 is 0 Å². The molecular formula is C16H23N3O2. The Morgan fingerprint density at radius 3 is 2.90 bits per heavy atom. The molecule has 2 aliphatic carbocycles. The van der Waals surface area contributed by atoms with Gasteiger partial charge in [-0.15, -0.1) is 0 Å². The summed E-state index contributed by atoms with van der Waals surface area (Å²) in [5.41, 5.74) is 0.435. The molecule has 1 aromatic rings. The quantitative estimate of drug-likeness (QED) is 0.901. The Morgan fingerprint density at radius 1 is 1.38 bits per heavy atom. The molecule has 1 aromatic heterocycles. The number of amides is 1. The normalized spacial score (nSPS) is 29.8. The van der Waals surface area contributed by atoms with Crippen molar-refractivity contribution in [2.45, 2.75) is 44.6 Å². The van der Waals surface area contributed by atoms with Gasteiger partial charge in [-0.25, -0.2) is 0 Å². The molecule has 5 heteroatoms. The fraction of sp³-hybridized carbons (Fsp3) is 0.750. The number of nitrogens with one attached hydrogen (secondary N) is 1. The molecule has 2 saturated carbocycles. The maximum Gasteiger partial charge on any atom is 0.273 e. The van der Waals surface area contributed by atoms with Crippen LogP contribution in [0.1, 0.15) is 54.8 Å². The number of hydrogen-bond acceptors (Lipinski definition) is 4. The number of hydrogen-bond donors (Lipinski definition) is 1. The van der Waals surface area contributed by atoms with Crippen LogP contribution in [-0.2, 0) is 0 Å². The average Bonchev–Trinajstić information content (AvgIpc) is 3.37. The van der Waals surface area contributed by atoms with Crippen molar-refractivity contribution in [1.29, 1.82) is 0 Å². The highest BCUT2D eigenvalue weighted by Crippen LogP contribution is 2.40. The minimum absolute atomic E-state index is 0.0872. The number of carbonyl (C=O) groups is 1. The lowest BCUT2D eigenvalue weighted by molar-refractivity contribution is 0.0922. The minimum Gasteiger partial charge on any atom is -0.360 e. The molecule has 0 bridgehead atoms. The molecule has 2 heterocycles. The van der Waals surface area contributed by atoms with Gasteiger partial charge in [0.05, 0.1) is 0 Å². The lowest BCUT2D eigenvalue weighted by Gasteiger charge is -2.16. The van der Waals surface area contributed by atoms with Crippen LogP contribution in [0.4, 0.5) is 0 Å². The molecule has 0 unspecified atom stereocenters. The maximum atomic E-state index is 12.3. The van der Waals surface area contributed by atoms with E-state index < -0.39 is 0 Å². The largest absolute Gasteiger partial charge is 0.360 e. The van der Waals surface area contributed by atoms with E-state index in [2.05, 4.69) is 22.3 Å². The Hall–Kier alpha value is -1.36. The highest BCUT2D eigenvalue weighted by molar-refractivity contribution is 5.92. The summed E-state index contributed by atoms with van der Waals surface area (Å²) in [5, 5.41) is 7.06. The van der Waals surface area contributed by atoms with Crippen molar-refractivity contribution in [3.8, 4) is 0 Å². The molecule has 1 amide bonds. The van der Waals surface area contributed by atoms with Crippen LogP contribution in [-0.4, -0.2) is 41.6 Å². The second-order valence-corrected chi connectivity index (χ2v) is 7.11. The van der Waals surface area contributed by atoms with Gasteiger partial charge in [0, 0.05) is 37.7 Å². The van der Waals surface area contributed by atoms with E-state index in [1.54, 1.807) is 0 Å². The highest BCUT2D eigenvalue weighted by Gasteiger charge is 2.35. The van der Waals surface area contributed by atoms with Crippen LogP contribution in [0, 0.1) is 11.8 Å². The highest BCUT2D eigenvalue weighted by atomic mass is 16.5. The van der Waals surface area contributed by atoms with Crippen LogP contribution in [0.25, 0.3) is 0 Å². The van der Waals surface area contributed by atoms with Crippen molar-refractivity contribution in [3.63, 3.8) is 0 Å². The molecule has 1 saturated heterocycles. The van der Waals surface area contributed by atoms with Crippen molar-refractivity contribution in [2.75, 3.05) is 19.6 Å². The van der Waals surface area contributed by atoms with E-state index in [1.807, 2.05) is 6.07 Å². The third-order valence-electron chi connectivity index (χ3n) is 4.96. The molecule has 2 atom stereocenters. The van der Waals surface area contributed by atoms with Crippen LogP contribution in [0.3, 0.4) is 0 Å². The van der Waals surface area contributed by atoms with Gasteiger partial charge >= 0.3 is 0 Å². The average molecular weight is 289 g/mol. The molecule has 1 N–H and O–H groups in total. The minimum atomic E-state index is -0.0872. The number of aromatic nitrogens is 1. The van der Waals surface area contributed by atoms with Crippen molar-refractivity contribution in [3.05, 3.63) is 17.5 Å². The topological polar surface area (TPSA) is 58.4 Å². The summed E-state index contributed by atoms with van der Waals surface area (Å²) in [4.78, 5) is 14.8. The summed E-state index contributed by atoms with van der Waals surface area (Å²) in [5.74, 6) is 2.69. The van der Waals surface area contributed by atoms with Crippen LogP contribution < -0.4 is 5.32 Å². The Balaban J connectivity index is 1.34. The predicted molar refractivity (Wildman–Crippen MR) is 78.1 cm³/mol. The maximum absolute atomic E-state index is 12.3.